The van der Waals surface area contributed by atoms with E-state index in [2.05, 4.69) is 10.7 Å². The largest absolute Gasteiger partial charge is 0.344 e. The van der Waals surface area contributed by atoms with Crippen LogP contribution in [0.5, 0.6) is 0 Å². The van der Waals surface area contributed by atoms with Crippen LogP contribution in [0.2, 0.25) is 0 Å². The van der Waals surface area contributed by atoms with Crippen LogP contribution in [0, 0.1) is 11.3 Å². The molecule has 2 fully saturated rings. The fourth-order valence-electron chi connectivity index (χ4n) is 3.11. The number of nitriles is 1. The SMILES string of the molecule is N#Cc1cccc(C(=O)NN2C(=O)NC3(CCCCC3)C2=O)c1. The molecule has 1 heterocycles. The fraction of sp³-hybridized carbons (Fsp3) is 0.375. The van der Waals surface area contributed by atoms with Crippen LogP contribution in [-0.2, 0) is 4.79 Å². The normalized spacial score (nSPS) is 19.3. The third-order valence-electron chi connectivity index (χ3n) is 4.34. The highest BCUT2D eigenvalue weighted by Gasteiger charge is 2.52. The van der Waals surface area contributed by atoms with E-state index in [4.69, 9.17) is 5.26 Å². The molecule has 1 aromatic carbocycles. The Morgan fingerprint density at radius 1 is 1.26 bits per heavy atom. The van der Waals surface area contributed by atoms with Gasteiger partial charge >= 0.3 is 6.03 Å². The molecule has 7 heteroatoms. The third-order valence-corrected chi connectivity index (χ3v) is 4.34. The molecule has 1 aromatic rings. The highest BCUT2D eigenvalue weighted by atomic mass is 16.2. The van der Waals surface area contributed by atoms with E-state index in [-0.39, 0.29) is 5.56 Å². The summed E-state index contributed by atoms with van der Waals surface area (Å²) in [5.74, 6) is -1.01. The van der Waals surface area contributed by atoms with Gasteiger partial charge in [0.05, 0.1) is 11.6 Å². The Hall–Kier alpha value is -2.88. The van der Waals surface area contributed by atoms with Crippen molar-refractivity contribution in [1.29, 1.82) is 5.26 Å². The Labute approximate surface area is 133 Å². The summed E-state index contributed by atoms with van der Waals surface area (Å²) in [7, 11) is 0. The van der Waals surface area contributed by atoms with E-state index < -0.39 is 23.4 Å². The van der Waals surface area contributed by atoms with Crippen LogP contribution in [-0.4, -0.2) is 28.4 Å². The van der Waals surface area contributed by atoms with Gasteiger partial charge in [-0.05, 0) is 31.0 Å². The Morgan fingerprint density at radius 3 is 2.70 bits per heavy atom. The molecule has 0 aromatic heterocycles. The molecule has 7 nitrogen and oxygen atoms in total. The Balaban J connectivity index is 1.77. The molecule has 1 spiro atoms. The summed E-state index contributed by atoms with van der Waals surface area (Å²) in [6.45, 7) is 0. The van der Waals surface area contributed by atoms with Gasteiger partial charge in [-0.2, -0.15) is 10.3 Å². The van der Waals surface area contributed by atoms with Gasteiger partial charge in [-0.15, -0.1) is 0 Å². The van der Waals surface area contributed by atoms with Crippen LogP contribution in [0.4, 0.5) is 4.79 Å². The van der Waals surface area contributed by atoms with Gasteiger partial charge in [0.15, 0.2) is 0 Å². The predicted octanol–water partition coefficient (Wildman–Crippen LogP) is 1.46. The highest BCUT2D eigenvalue weighted by Crippen LogP contribution is 2.33. The number of hydrogen-bond donors (Lipinski definition) is 2. The second-order valence-corrected chi connectivity index (χ2v) is 5.85. The van der Waals surface area contributed by atoms with Crippen molar-refractivity contribution in [3.05, 3.63) is 35.4 Å². The lowest BCUT2D eigenvalue weighted by Crippen LogP contribution is -2.50. The molecule has 23 heavy (non-hydrogen) atoms. The van der Waals surface area contributed by atoms with Crippen molar-refractivity contribution in [2.45, 2.75) is 37.6 Å². The number of carbonyl (C=O) groups excluding carboxylic acids is 3. The zero-order valence-electron chi connectivity index (χ0n) is 12.5. The van der Waals surface area contributed by atoms with Crippen molar-refractivity contribution in [2.75, 3.05) is 0 Å². The molecule has 0 bridgehead atoms. The van der Waals surface area contributed by atoms with Gasteiger partial charge in [0, 0.05) is 5.56 Å². The van der Waals surface area contributed by atoms with Gasteiger partial charge in [-0.25, -0.2) is 4.79 Å². The van der Waals surface area contributed by atoms with E-state index in [1.54, 1.807) is 12.1 Å². The van der Waals surface area contributed by atoms with Gasteiger partial charge < -0.3 is 5.32 Å². The molecule has 3 rings (SSSR count). The van der Waals surface area contributed by atoms with E-state index in [9.17, 15) is 14.4 Å². The maximum Gasteiger partial charge on any atom is 0.344 e. The summed E-state index contributed by atoms with van der Waals surface area (Å²) in [5, 5.41) is 12.3. The van der Waals surface area contributed by atoms with Crippen molar-refractivity contribution in [2.24, 2.45) is 0 Å². The summed E-state index contributed by atoms with van der Waals surface area (Å²) in [4.78, 5) is 36.9. The standard InChI is InChI=1S/C16H16N4O3/c17-10-11-5-4-6-12(9-11)13(21)19-20-14(22)16(18-15(20)23)7-2-1-3-8-16/h4-6,9H,1-3,7-8H2,(H,18,23)(H,19,21). The third kappa shape index (κ3) is 2.63. The summed E-state index contributed by atoms with van der Waals surface area (Å²) in [5.41, 5.74) is 2.01. The number of imide groups is 1. The molecule has 2 N–H and O–H groups in total. The lowest BCUT2D eigenvalue weighted by atomic mass is 9.82. The lowest BCUT2D eigenvalue weighted by molar-refractivity contribution is -0.134. The number of benzene rings is 1. The van der Waals surface area contributed by atoms with E-state index in [0.717, 1.165) is 24.3 Å². The van der Waals surface area contributed by atoms with Gasteiger partial charge in [0.2, 0.25) is 0 Å². The number of rotatable bonds is 2. The topological polar surface area (TPSA) is 102 Å². The Kier molecular flexibility index (Phi) is 3.74. The second-order valence-electron chi connectivity index (χ2n) is 5.85. The number of carbonyl (C=O) groups is 3. The smallest absolute Gasteiger partial charge is 0.322 e. The first kappa shape index (κ1) is 15.0. The zero-order valence-corrected chi connectivity index (χ0v) is 12.5. The molecule has 0 radical (unpaired) electrons. The minimum absolute atomic E-state index is 0.217. The van der Waals surface area contributed by atoms with Crippen molar-refractivity contribution in [1.82, 2.24) is 15.8 Å². The second kappa shape index (κ2) is 5.72. The molecular weight excluding hydrogens is 296 g/mol. The minimum Gasteiger partial charge on any atom is -0.322 e. The molecule has 1 aliphatic heterocycles. The van der Waals surface area contributed by atoms with E-state index in [0.29, 0.717) is 18.4 Å². The highest BCUT2D eigenvalue weighted by molar-refractivity contribution is 6.09. The summed E-state index contributed by atoms with van der Waals surface area (Å²) in [6, 6.07) is 7.40. The fourth-order valence-corrected chi connectivity index (χ4v) is 3.11. The molecule has 0 atom stereocenters. The maximum absolute atomic E-state index is 12.6. The van der Waals surface area contributed by atoms with E-state index in [1.807, 2.05) is 6.07 Å². The minimum atomic E-state index is -0.878. The first-order chi connectivity index (χ1) is 11.1. The van der Waals surface area contributed by atoms with Crippen LogP contribution in [0.15, 0.2) is 24.3 Å². The van der Waals surface area contributed by atoms with Gasteiger partial charge in [0.25, 0.3) is 11.8 Å². The molecule has 1 saturated heterocycles. The molecule has 2 aliphatic rings. The van der Waals surface area contributed by atoms with E-state index in [1.165, 1.54) is 12.1 Å². The number of urea groups is 1. The predicted molar refractivity (Wildman–Crippen MR) is 79.8 cm³/mol. The van der Waals surface area contributed by atoms with Gasteiger partial charge in [0.1, 0.15) is 5.54 Å². The number of hydrazine groups is 1. The van der Waals surface area contributed by atoms with Crippen LogP contribution < -0.4 is 10.7 Å². The summed E-state index contributed by atoms with van der Waals surface area (Å²) < 4.78 is 0. The molecule has 0 unspecified atom stereocenters. The summed E-state index contributed by atoms with van der Waals surface area (Å²) in [6.07, 6.45) is 3.97. The van der Waals surface area contributed by atoms with Crippen LogP contribution in [0.3, 0.4) is 0 Å². The zero-order chi connectivity index (χ0) is 16.4. The average Bonchev–Trinajstić information content (AvgIpc) is 2.79. The van der Waals surface area contributed by atoms with Crippen molar-refractivity contribution >= 4 is 17.8 Å². The molecule has 4 amide bonds. The van der Waals surface area contributed by atoms with E-state index >= 15 is 0 Å². The van der Waals surface area contributed by atoms with Gasteiger partial charge in [-0.1, -0.05) is 25.3 Å². The Bertz CT molecular complexity index is 716. The van der Waals surface area contributed by atoms with Crippen LogP contribution in [0.25, 0.3) is 0 Å². The van der Waals surface area contributed by atoms with Crippen molar-refractivity contribution < 1.29 is 14.4 Å². The summed E-state index contributed by atoms with van der Waals surface area (Å²) >= 11 is 0. The van der Waals surface area contributed by atoms with Gasteiger partial charge in [-0.3, -0.25) is 15.0 Å². The van der Waals surface area contributed by atoms with Crippen LogP contribution >= 0.6 is 0 Å². The Morgan fingerprint density at radius 2 is 2.00 bits per heavy atom. The van der Waals surface area contributed by atoms with Crippen molar-refractivity contribution in [3.63, 3.8) is 0 Å². The molecule has 1 aliphatic carbocycles. The molecule has 118 valence electrons. The first-order valence-corrected chi connectivity index (χ1v) is 7.54. The number of amides is 4. The van der Waals surface area contributed by atoms with Crippen molar-refractivity contribution in [3.8, 4) is 6.07 Å². The first-order valence-electron chi connectivity index (χ1n) is 7.54. The maximum atomic E-state index is 12.6. The number of nitrogens with one attached hydrogen (secondary N) is 2. The lowest BCUT2D eigenvalue weighted by Gasteiger charge is -2.30. The molecule has 1 saturated carbocycles. The molecular formula is C16H16N4O3. The monoisotopic (exact) mass is 312 g/mol. The number of hydrogen-bond acceptors (Lipinski definition) is 4. The quantitative estimate of drug-likeness (QED) is 0.807. The van der Waals surface area contributed by atoms with Crippen LogP contribution in [0.1, 0.15) is 48.0 Å². The average molecular weight is 312 g/mol. The number of nitrogens with zero attached hydrogens (tertiary/aromatic N) is 2.